The number of ether oxygens (including phenoxy) is 2. The predicted octanol–water partition coefficient (Wildman–Crippen LogP) is 3.16. The van der Waals surface area contributed by atoms with Crippen molar-refractivity contribution >= 4 is 23.0 Å². The molecule has 6 heteroatoms. The Labute approximate surface area is 152 Å². The van der Waals surface area contributed by atoms with Crippen molar-refractivity contribution in [2.75, 3.05) is 13.7 Å². The highest BCUT2D eigenvalue weighted by atomic mass is 16.5. The van der Waals surface area contributed by atoms with E-state index in [1.165, 1.54) is 26.2 Å². The Hall–Kier alpha value is -2.60. The quantitative estimate of drug-likeness (QED) is 0.603. The monoisotopic (exact) mass is 360 g/mol. The van der Waals surface area contributed by atoms with Crippen LogP contribution in [0.1, 0.15) is 32.8 Å². The van der Waals surface area contributed by atoms with Crippen molar-refractivity contribution in [3.63, 3.8) is 0 Å². The average Bonchev–Trinajstić information content (AvgIpc) is 2.57. The number of carbonyl (C=O) groups is 1. The summed E-state index contributed by atoms with van der Waals surface area (Å²) in [4.78, 5) is 23.2. The number of fused-ring (bicyclic) bond motifs is 1. The standard InChI is InChI=1S/C20H24O6/c1-13(2)11-18(22)25-12-20(3,23)10-9-15-16(24-4)7-5-14-6-8-17(21)26-19(14)15/h5-10,13,23H,11-12H2,1-4H3. The second kappa shape index (κ2) is 8.19. The van der Waals surface area contributed by atoms with Crippen LogP contribution in [0.3, 0.4) is 0 Å². The van der Waals surface area contributed by atoms with Crippen LogP contribution in [0.4, 0.5) is 0 Å². The topological polar surface area (TPSA) is 86.0 Å². The summed E-state index contributed by atoms with van der Waals surface area (Å²) in [6.07, 6.45) is 3.38. The molecule has 1 atom stereocenters. The van der Waals surface area contributed by atoms with Crippen LogP contribution < -0.4 is 10.4 Å². The molecule has 0 amide bonds. The van der Waals surface area contributed by atoms with Crippen molar-refractivity contribution < 1.29 is 23.8 Å². The smallest absolute Gasteiger partial charge is 0.336 e. The molecule has 0 aliphatic heterocycles. The van der Waals surface area contributed by atoms with Crippen LogP contribution in [0.15, 0.2) is 39.6 Å². The number of esters is 1. The molecular weight excluding hydrogens is 336 g/mol. The van der Waals surface area contributed by atoms with E-state index in [4.69, 9.17) is 13.9 Å². The minimum absolute atomic E-state index is 0.175. The Morgan fingerprint density at radius 2 is 2.00 bits per heavy atom. The summed E-state index contributed by atoms with van der Waals surface area (Å²) in [6.45, 7) is 5.19. The molecule has 1 aromatic carbocycles. The molecule has 1 aromatic heterocycles. The van der Waals surface area contributed by atoms with Crippen LogP contribution >= 0.6 is 0 Å². The first-order chi connectivity index (χ1) is 12.2. The zero-order valence-corrected chi connectivity index (χ0v) is 15.4. The molecule has 0 radical (unpaired) electrons. The van der Waals surface area contributed by atoms with E-state index in [1.54, 1.807) is 24.3 Å². The maximum Gasteiger partial charge on any atom is 0.336 e. The second-order valence-corrected chi connectivity index (χ2v) is 6.80. The molecule has 1 unspecified atom stereocenters. The highest BCUT2D eigenvalue weighted by Gasteiger charge is 2.20. The molecule has 26 heavy (non-hydrogen) atoms. The summed E-state index contributed by atoms with van der Waals surface area (Å²) in [6, 6.07) is 6.52. The summed E-state index contributed by atoms with van der Waals surface area (Å²) >= 11 is 0. The number of hydrogen-bond acceptors (Lipinski definition) is 6. The van der Waals surface area contributed by atoms with E-state index in [1.807, 2.05) is 13.8 Å². The first kappa shape index (κ1) is 19.7. The third-order valence-electron chi connectivity index (χ3n) is 3.72. The molecule has 6 nitrogen and oxygen atoms in total. The third kappa shape index (κ3) is 5.20. The lowest BCUT2D eigenvalue weighted by Gasteiger charge is -2.19. The van der Waals surface area contributed by atoms with E-state index in [0.29, 0.717) is 23.3 Å². The molecule has 0 spiro atoms. The van der Waals surface area contributed by atoms with Gasteiger partial charge in [-0.25, -0.2) is 4.79 Å². The lowest BCUT2D eigenvalue weighted by molar-refractivity contribution is -0.149. The molecular formula is C20H24O6. The zero-order chi connectivity index (χ0) is 19.3. The molecule has 0 bridgehead atoms. The van der Waals surface area contributed by atoms with Gasteiger partial charge >= 0.3 is 11.6 Å². The maximum absolute atomic E-state index is 11.7. The summed E-state index contributed by atoms with van der Waals surface area (Å²) in [5.41, 5.74) is -0.971. The van der Waals surface area contributed by atoms with Gasteiger partial charge in [0.25, 0.3) is 0 Å². The summed E-state index contributed by atoms with van der Waals surface area (Å²) in [5, 5.41) is 11.2. The van der Waals surface area contributed by atoms with Crippen LogP contribution in [0, 0.1) is 5.92 Å². The van der Waals surface area contributed by atoms with E-state index in [0.717, 1.165) is 5.39 Å². The number of rotatable bonds is 7. The molecule has 1 N–H and O–H groups in total. The van der Waals surface area contributed by atoms with E-state index in [9.17, 15) is 14.7 Å². The lowest BCUT2D eigenvalue weighted by Crippen LogP contribution is -2.29. The first-order valence-corrected chi connectivity index (χ1v) is 8.40. The fourth-order valence-corrected chi connectivity index (χ4v) is 2.40. The Bertz CT molecular complexity index is 860. The van der Waals surface area contributed by atoms with Crippen molar-refractivity contribution in [2.24, 2.45) is 5.92 Å². The SMILES string of the molecule is COc1ccc2ccc(=O)oc2c1C=CC(C)(O)COC(=O)CC(C)C. The van der Waals surface area contributed by atoms with Gasteiger partial charge in [0.05, 0.1) is 12.7 Å². The molecule has 2 aromatic rings. The Morgan fingerprint density at radius 1 is 1.31 bits per heavy atom. The minimum Gasteiger partial charge on any atom is -0.496 e. The van der Waals surface area contributed by atoms with Gasteiger partial charge in [-0.2, -0.15) is 0 Å². The molecule has 0 aliphatic carbocycles. The van der Waals surface area contributed by atoms with E-state index >= 15 is 0 Å². The van der Waals surface area contributed by atoms with E-state index < -0.39 is 11.2 Å². The Morgan fingerprint density at radius 3 is 2.65 bits per heavy atom. The van der Waals surface area contributed by atoms with Crippen molar-refractivity contribution in [1.29, 1.82) is 0 Å². The molecule has 1 heterocycles. The minimum atomic E-state index is -1.38. The predicted molar refractivity (Wildman–Crippen MR) is 99.1 cm³/mol. The van der Waals surface area contributed by atoms with Crippen molar-refractivity contribution in [1.82, 2.24) is 0 Å². The van der Waals surface area contributed by atoms with Gasteiger partial charge in [0.2, 0.25) is 0 Å². The molecule has 2 rings (SSSR count). The fraction of sp³-hybridized carbons (Fsp3) is 0.400. The molecule has 0 aliphatic rings. The van der Waals surface area contributed by atoms with Crippen molar-refractivity contribution in [3.8, 4) is 5.75 Å². The molecule has 0 saturated heterocycles. The number of aliphatic hydroxyl groups is 1. The number of methoxy groups -OCH3 is 1. The third-order valence-corrected chi connectivity index (χ3v) is 3.72. The van der Waals surface area contributed by atoms with Gasteiger partial charge < -0.3 is 19.0 Å². The van der Waals surface area contributed by atoms with Gasteiger partial charge in [-0.15, -0.1) is 0 Å². The number of benzene rings is 1. The van der Waals surface area contributed by atoms with Crippen LogP contribution in [-0.2, 0) is 9.53 Å². The van der Waals surface area contributed by atoms with E-state index in [-0.39, 0.29) is 18.5 Å². The number of carbonyl (C=O) groups excluding carboxylic acids is 1. The second-order valence-electron chi connectivity index (χ2n) is 6.80. The summed E-state index contributed by atoms with van der Waals surface area (Å²) in [7, 11) is 1.51. The largest absolute Gasteiger partial charge is 0.496 e. The molecule has 0 saturated carbocycles. The first-order valence-electron chi connectivity index (χ1n) is 8.40. The Kier molecular flexibility index (Phi) is 6.21. The highest BCUT2D eigenvalue weighted by molar-refractivity contribution is 5.88. The molecule has 0 fully saturated rings. The van der Waals surface area contributed by atoms with Crippen LogP contribution in [-0.4, -0.2) is 30.4 Å². The number of hydrogen-bond donors (Lipinski definition) is 1. The zero-order valence-electron chi connectivity index (χ0n) is 15.4. The van der Waals surface area contributed by atoms with Crippen molar-refractivity contribution in [2.45, 2.75) is 32.8 Å². The van der Waals surface area contributed by atoms with Crippen LogP contribution in [0.2, 0.25) is 0 Å². The van der Waals surface area contributed by atoms with Crippen molar-refractivity contribution in [3.05, 3.63) is 46.3 Å². The average molecular weight is 360 g/mol. The van der Waals surface area contributed by atoms with E-state index in [2.05, 4.69) is 0 Å². The molecule has 140 valence electrons. The fourth-order valence-electron chi connectivity index (χ4n) is 2.40. The van der Waals surface area contributed by atoms with Gasteiger partial charge in [0, 0.05) is 17.9 Å². The Balaban J connectivity index is 2.26. The highest BCUT2D eigenvalue weighted by Crippen LogP contribution is 2.29. The van der Waals surface area contributed by atoms with Gasteiger partial charge in [-0.05, 0) is 43.2 Å². The maximum atomic E-state index is 11.7. The van der Waals surface area contributed by atoms with Crippen LogP contribution in [0.5, 0.6) is 5.75 Å². The summed E-state index contributed by atoms with van der Waals surface area (Å²) in [5.74, 6) is 0.323. The lowest BCUT2D eigenvalue weighted by atomic mass is 10.0. The van der Waals surface area contributed by atoms with Gasteiger partial charge in [0.1, 0.15) is 23.5 Å². The van der Waals surface area contributed by atoms with Crippen LogP contribution in [0.25, 0.3) is 17.0 Å². The normalized spacial score (nSPS) is 13.9. The van der Waals surface area contributed by atoms with Gasteiger partial charge in [0.15, 0.2) is 0 Å². The van der Waals surface area contributed by atoms with Gasteiger partial charge in [-0.1, -0.05) is 13.8 Å². The van der Waals surface area contributed by atoms with Gasteiger partial charge in [-0.3, -0.25) is 4.79 Å². The summed E-state index contributed by atoms with van der Waals surface area (Å²) < 4.78 is 15.7.